The van der Waals surface area contributed by atoms with Gasteiger partial charge in [-0.25, -0.2) is 0 Å². The highest BCUT2D eigenvalue weighted by atomic mass is 16.6. The molecule has 1 aromatic rings. The highest BCUT2D eigenvalue weighted by molar-refractivity contribution is 6.53. The molecule has 0 spiro atoms. The van der Waals surface area contributed by atoms with Crippen molar-refractivity contribution in [3.63, 3.8) is 0 Å². The lowest BCUT2D eigenvalue weighted by molar-refractivity contribution is 0.517. The number of rotatable bonds is 2. The van der Waals surface area contributed by atoms with Gasteiger partial charge in [-0.05, 0) is 32.0 Å². The van der Waals surface area contributed by atoms with Gasteiger partial charge >= 0.3 is 7.12 Å². The van der Waals surface area contributed by atoms with Crippen molar-refractivity contribution in [3.05, 3.63) is 48.0 Å². The first-order valence-electron chi connectivity index (χ1n) is 5.03. The first kappa shape index (κ1) is 9.90. The lowest BCUT2D eigenvalue weighted by Gasteiger charge is -1.97. The number of fused-ring (bicyclic) bond motifs is 1. The van der Waals surface area contributed by atoms with E-state index >= 15 is 0 Å². The van der Waals surface area contributed by atoms with Crippen LogP contribution in [0.5, 0.6) is 11.5 Å². The summed E-state index contributed by atoms with van der Waals surface area (Å²) in [6, 6.07) is 7.69. The summed E-state index contributed by atoms with van der Waals surface area (Å²) < 4.78 is 11.1. The van der Waals surface area contributed by atoms with Crippen molar-refractivity contribution in [2.24, 2.45) is 0 Å². The third-order valence-electron chi connectivity index (χ3n) is 2.31. The van der Waals surface area contributed by atoms with Gasteiger partial charge in [0.2, 0.25) is 0 Å². The fourth-order valence-electron chi connectivity index (χ4n) is 1.32. The van der Waals surface area contributed by atoms with Gasteiger partial charge in [0.1, 0.15) is 11.5 Å². The molecule has 1 aliphatic heterocycles. The predicted octanol–water partition coefficient (Wildman–Crippen LogP) is 3.01. The predicted molar refractivity (Wildman–Crippen MR) is 62.0 cm³/mol. The van der Waals surface area contributed by atoms with E-state index in [-0.39, 0.29) is 7.12 Å². The van der Waals surface area contributed by atoms with Crippen molar-refractivity contribution in [2.45, 2.75) is 13.8 Å². The summed E-state index contributed by atoms with van der Waals surface area (Å²) in [5, 5.41) is 0. The Morgan fingerprint density at radius 2 is 1.80 bits per heavy atom. The lowest BCUT2D eigenvalue weighted by Crippen LogP contribution is -2.21. The average molecular weight is 200 g/mol. The summed E-state index contributed by atoms with van der Waals surface area (Å²) in [7, 11) is -0.294. The second-order valence-corrected chi connectivity index (χ2v) is 3.44. The SMILES string of the molecule is C/C=C(C)\C=C\B1Oc2ccccc2O1. The van der Waals surface area contributed by atoms with E-state index in [1.807, 2.05) is 56.2 Å². The van der Waals surface area contributed by atoms with Gasteiger partial charge in [-0.1, -0.05) is 29.9 Å². The molecular formula is C12H13BO2. The molecule has 2 rings (SSSR count). The fourth-order valence-corrected chi connectivity index (χ4v) is 1.32. The maximum absolute atomic E-state index is 5.57. The Hall–Kier alpha value is -1.64. The first-order valence-corrected chi connectivity index (χ1v) is 5.03. The second-order valence-electron chi connectivity index (χ2n) is 3.44. The molecule has 1 aromatic carbocycles. The molecule has 0 bridgehead atoms. The van der Waals surface area contributed by atoms with Crippen LogP contribution in [0.25, 0.3) is 0 Å². The minimum absolute atomic E-state index is 0.294. The van der Waals surface area contributed by atoms with Gasteiger partial charge < -0.3 is 9.31 Å². The molecule has 0 saturated heterocycles. The maximum Gasteiger partial charge on any atom is 0.625 e. The molecule has 0 N–H and O–H groups in total. The van der Waals surface area contributed by atoms with Gasteiger partial charge in [-0.3, -0.25) is 0 Å². The molecule has 1 heterocycles. The van der Waals surface area contributed by atoms with Crippen LogP contribution in [0.3, 0.4) is 0 Å². The van der Waals surface area contributed by atoms with Crippen LogP contribution in [0.1, 0.15) is 13.8 Å². The molecule has 0 aliphatic carbocycles. The van der Waals surface area contributed by atoms with Gasteiger partial charge in [0.25, 0.3) is 0 Å². The Kier molecular flexibility index (Phi) is 2.81. The molecule has 76 valence electrons. The lowest BCUT2D eigenvalue weighted by atomic mass is 9.89. The molecule has 0 atom stereocenters. The van der Waals surface area contributed by atoms with E-state index in [9.17, 15) is 0 Å². The zero-order valence-corrected chi connectivity index (χ0v) is 8.94. The van der Waals surface area contributed by atoms with Crippen molar-refractivity contribution < 1.29 is 9.31 Å². The van der Waals surface area contributed by atoms with E-state index in [0.717, 1.165) is 11.5 Å². The van der Waals surface area contributed by atoms with E-state index in [4.69, 9.17) is 9.31 Å². The van der Waals surface area contributed by atoms with Crippen LogP contribution in [0.15, 0.2) is 48.0 Å². The van der Waals surface area contributed by atoms with Gasteiger partial charge in [-0.2, -0.15) is 0 Å². The Balaban J connectivity index is 2.05. The number of hydrogen-bond acceptors (Lipinski definition) is 2. The molecule has 0 radical (unpaired) electrons. The summed E-state index contributed by atoms with van der Waals surface area (Å²) in [4.78, 5) is 0. The third kappa shape index (κ3) is 2.24. The number of benzene rings is 1. The molecule has 15 heavy (non-hydrogen) atoms. The summed E-state index contributed by atoms with van der Waals surface area (Å²) in [6.07, 6.45) is 4.04. The van der Waals surface area contributed by atoms with E-state index in [1.165, 1.54) is 5.57 Å². The molecule has 2 nitrogen and oxygen atoms in total. The molecular weight excluding hydrogens is 187 g/mol. The maximum atomic E-state index is 5.57. The van der Waals surface area contributed by atoms with Crippen LogP contribution < -0.4 is 9.31 Å². The Labute approximate surface area is 90.4 Å². The molecule has 0 fully saturated rings. The topological polar surface area (TPSA) is 18.5 Å². The molecule has 0 aromatic heterocycles. The van der Waals surface area contributed by atoms with Crippen LogP contribution in [0.2, 0.25) is 0 Å². The van der Waals surface area contributed by atoms with Gasteiger partial charge in [0.05, 0.1) is 0 Å². The zero-order valence-electron chi connectivity index (χ0n) is 8.94. The first-order chi connectivity index (χ1) is 7.29. The summed E-state index contributed by atoms with van der Waals surface area (Å²) in [6.45, 7) is 4.05. The Bertz CT molecular complexity index is 385. The van der Waals surface area contributed by atoms with E-state index in [2.05, 4.69) is 0 Å². The van der Waals surface area contributed by atoms with E-state index in [1.54, 1.807) is 0 Å². The van der Waals surface area contributed by atoms with E-state index in [0.29, 0.717) is 0 Å². The minimum atomic E-state index is -0.294. The minimum Gasteiger partial charge on any atom is -0.520 e. The molecule has 3 heteroatoms. The van der Waals surface area contributed by atoms with Crippen LogP contribution in [0.4, 0.5) is 0 Å². The highest BCUT2D eigenvalue weighted by Crippen LogP contribution is 2.32. The highest BCUT2D eigenvalue weighted by Gasteiger charge is 2.28. The van der Waals surface area contributed by atoms with E-state index < -0.39 is 0 Å². The quantitative estimate of drug-likeness (QED) is 0.539. The smallest absolute Gasteiger partial charge is 0.520 e. The molecule has 1 aliphatic rings. The number of hydrogen-bond donors (Lipinski definition) is 0. The van der Waals surface area contributed by atoms with Crippen LogP contribution >= 0.6 is 0 Å². The monoisotopic (exact) mass is 200 g/mol. The largest absolute Gasteiger partial charge is 0.625 e. The second kappa shape index (κ2) is 4.26. The van der Waals surface area contributed by atoms with Crippen molar-refractivity contribution in [1.29, 1.82) is 0 Å². The van der Waals surface area contributed by atoms with Gasteiger partial charge in [0, 0.05) is 0 Å². The van der Waals surface area contributed by atoms with Gasteiger partial charge in [0.15, 0.2) is 0 Å². The number of para-hydroxylation sites is 2. The van der Waals surface area contributed by atoms with Crippen molar-refractivity contribution in [3.8, 4) is 11.5 Å². The van der Waals surface area contributed by atoms with Crippen molar-refractivity contribution in [1.82, 2.24) is 0 Å². The van der Waals surface area contributed by atoms with Crippen molar-refractivity contribution in [2.75, 3.05) is 0 Å². The summed E-state index contributed by atoms with van der Waals surface area (Å²) in [5.41, 5.74) is 1.19. The summed E-state index contributed by atoms with van der Waals surface area (Å²) >= 11 is 0. The van der Waals surface area contributed by atoms with Crippen LogP contribution in [-0.4, -0.2) is 7.12 Å². The fraction of sp³-hybridized carbons (Fsp3) is 0.167. The standard InChI is InChI=1S/C12H13BO2/c1-3-10(2)8-9-13-14-11-6-4-5-7-12(11)15-13/h3-9H,1-2H3/b9-8+,10-3-. The zero-order chi connectivity index (χ0) is 10.7. The average Bonchev–Trinajstić information content (AvgIpc) is 2.68. The molecule has 0 amide bonds. The van der Waals surface area contributed by atoms with Crippen LogP contribution in [0, 0.1) is 0 Å². The van der Waals surface area contributed by atoms with Crippen molar-refractivity contribution >= 4 is 7.12 Å². The van der Waals surface area contributed by atoms with Crippen LogP contribution in [-0.2, 0) is 0 Å². The Morgan fingerprint density at radius 1 is 1.20 bits per heavy atom. The normalized spacial score (nSPS) is 15.1. The van der Waals surface area contributed by atoms with Gasteiger partial charge in [-0.15, -0.1) is 0 Å². The molecule has 0 saturated carbocycles. The molecule has 0 unspecified atom stereocenters. The third-order valence-corrected chi connectivity index (χ3v) is 2.31. The summed E-state index contributed by atoms with van der Waals surface area (Å²) in [5.74, 6) is 3.53. The Morgan fingerprint density at radius 3 is 2.33 bits per heavy atom. The number of allylic oxidation sites excluding steroid dienone is 3.